The van der Waals surface area contributed by atoms with Crippen molar-refractivity contribution in [1.82, 2.24) is 14.5 Å². The molecule has 2 aromatic heterocycles. The topological polar surface area (TPSA) is 30.7 Å². The van der Waals surface area contributed by atoms with E-state index in [1.807, 2.05) is 29.0 Å². The maximum atomic E-state index is 13.3. The Hall–Kier alpha value is -2.01. The van der Waals surface area contributed by atoms with Gasteiger partial charge in [-0.25, -0.2) is 9.37 Å². The normalized spacial score (nSPS) is 10.8. The molecule has 0 spiro atoms. The highest BCUT2D eigenvalue weighted by atomic mass is 79.9. The molecule has 0 saturated heterocycles. The Morgan fingerprint density at radius 2 is 2.00 bits per heavy atom. The van der Waals surface area contributed by atoms with Crippen molar-refractivity contribution in [3.8, 4) is 0 Å². The molecule has 0 bridgehead atoms. The summed E-state index contributed by atoms with van der Waals surface area (Å²) in [5.41, 5.74) is 1.99. The van der Waals surface area contributed by atoms with Crippen LogP contribution in [0.2, 0.25) is 0 Å². The summed E-state index contributed by atoms with van der Waals surface area (Å²) in [4.78, 5) is 8.70. The summed E-state index contributed by atoms with van der Waals surface area (Å²) in [6, 6.07) is 10.9. The third-order valence-corrected chi connectivity index (χ3v) is 3.81. The fourth-order valence-electron chi connectivity index (χ4n) is 2.15. The van der Waals surface area contributed by atoms with Gasteiger partial charge in [-0.2, -0.15) is 0 Å². The van der Waals surface area contributed by atoms with Crippen LogP contribution in [-0.2, 0) is 13.0 Å². The van der Waals surface area contributed by atoms with E-state index in [9.17, 15) is 4.39 Å². The summed E-state index contributed by atoms with van der Waals surface area (Å²) in [5.74, 6) is 0.687. The Kier molecular flexibility index (Phi) is 4.10. The molecule has 0 unspecified atom stereocenters. The van der Waals surface area contributed by atoms with Crippen LogP contribution in [0.3, 0.4) is 0 Å². The second-order valence-electron chi connectivity index (χ2n) is 4.72. The largest absolute Gasteiger partial charge is 0.330 e. The molecule has 2 heterocycles. The second-order valence-corrected chi connectivity index (χ2v) is 5.57. The van der Waals surface area contributed by atoms with Gasteiger partial charge in [-0.1, -0.05) is 12.1 Å². The summed E-state index contributed by atoms with van der Waals surface area (Å²) < 4.78 is 15.8. The van der Waals surface area contributed by atoms with E-state index in [0.717, 1.165) is 17.1 Å². The van der Waals surface area contributed by atoms with Crippen LogP contribution in [0, 0.1) is 5.82 Å². The fourth-order valence-corrected chi connectivity index (χ4v) is 2.58. The van der Waals surface area contributed by atoms with Crippen molar-refractivity contribution in [3.05, 3.63) is 82.4 Å². The molecule has 0 aliphatic rings. The number of rotatable bonds is 4. The van der Waals surface area contributed by atoms with Crippen molar-refractivity contribution >= 4 is 15.9 Å². The van der Waals surface area contributed by atoms with Crippen LogP contribution in [0.15, 0.2) is 59.5 Å². The third kappa shape index (κ3) is 3.36. The molecule has 5 heteroatoms. The summed E-state index contributed by atoms with van der Waals surface area (Å²) in [5, 5.41) is 0. The van der Waals surface area contributed by atoms with E-state index in [1.165, 1.54) is 6.07 Å². The minimum atomic E-state index is -0.252. The van der Waals surface area contributed by atoms with Gasteiger partial charge in [-0.05, 0) is 45.8 Å². The van der Waals surface area contributed by atoms with Crippen molar-refractivity contribution in [2.24, 2.45) is 0 Å². The second kappa shape index (κ2) is 6.18. The van der Waals surface area contributed by atoms with Crippen molar-refractivity contribution in [2.45, 2.75) is 13.0 Å². The monoisotopic (exact) mass is 345 g/mol. The van der Waals surface area contributed by atoms with E-state index in [4.69, 9.17) is 0 Å². The molecule has 0 radical (unpaired) electrons. The summed E-state index contributed by atoms with van der Waals surface area (Å²) >= 11 is 3.21. The Morgan fingerprint density at radius 3 is 2.76 bits per heavy atom. The average Bonchev–Trinajstić information content (AvgIpc) is 2.91. The van der Waals surface area contributed by atoms with Gasteiger partial charge in [0.05, 0.1) is 4.47 Å². The number of hydrogen-bond acceptors (Lipinski definition) is 2. The zero-order valence-corrected chi connectivity index (χ0v) is 12.8. The van der Waals surface area contributed by atoms with Crippen LogP contribution in [0.5, 0.6) is 0 Å². The maximum absolute atomic E-state index is 13.3. The molecule has 1 aromatic carbocycles. The molecule has 21 heavy (non-hydrogen) atoms. The number of halogens is 2. The van der Waals surface area contributed by atoms with Gasteiger partial charge in [0.25, 0.3) is 0 Å². The van der Waals surface area contributed by atoms with Crippen molar-refractivity contribution in [1.29, 1.82) is 0 Å². The first-order chi connectivity index (χ1) is 10.2. The van der Waals surface area contributed by atoms with Gasteiger partial charge in [0.15, 0.2) is 0 Å². The third-order valence-electron chi connectivity index (χ3n) is 3.20. The average molecular weight is 346 g/mol. The molecule has 0 aliphatic heterocycles. The van der Waals surface area contributed by atoms with Crippen molar-refractivity contribution in [3.63, 3.8) is 0 Å². The lowest BCUT2D eigenvalue weighted by molar-refractivity contribution is 0.619. The highest BCUT2D eigenvalue weighted by Gasteiger charge is 2.07. The highest BCUT2D eigenvalue weighted by Crippen LogP contribution is 2.18. The van der Waals surface area contributed by atoms with Crippen LogP contribution < -0.4 is 0 Å². The maximum Gasteiger partial charge on any atom is 0.137 e. The number of imidazole rings is 1. The quantitative estimate of drug-likeness (QED) is 0.719. The van der Waals surface area contributed by atoms with Crippen LogP contribution in [0.1, 0.15) is 17.1 Å². The van der Waals surface area contributed by atoms with Gasteiger partial charge < -0.3 is 4.57 Å². The molecule has 3 nitrogen and oxygen atoms in total. The molecule has 0 aliphatic carbocycles. The molecule has 0 amide bonds. The summed E-state index contributed by atoms with van der Waals surface area (Å²) in [6.45, 7) is 0.654. The van der Waals surface area contributed by atoms with E-state index in [-0.39, 0.29) is 5.82 Å². The summed E-state index contributed by atoms with van der Waals surface area (Å²) in [7, 11) is 0. The Labute approximate surface area is 130 Å². The van der Waals surface area contributed by atoms with Crippen molar-refractivity contribution in [2.75, 3.05) is 0 Å². The van der Waals surface area contributed by atoms with E-state index in [1.54, 1.807) is 24.5 Å². The minimum absolute atomic E-state index is 0.252. The van der Waals surface area contributed by atoms with Crippen LogP contribution >= 0.6 is 15.9 Å². The summed E-state index contributed by atoms with van der Waals surface area (Å²) in [6.07, 6.45) is 6.16. The predicted molar refractivity (Wildman–Crippen MR) is 82.5 cm³/mol. The van der Waals surface area contributed by atoms with Gasteiger partial charge in [-0.15, -0.1) is 0 Å². The number of aromatic nitrogens is 3. The molecule has 3 rings (SSSR count). The lowest BCUT2D eigenvalue weighted by Crippen LogP contribution is -2.06. The van der Waals surface area contributed by atoms with E-state index in [0.29, 0.717) is 17.4 Å². The SMILES string of the molecule is Fc1ccc(Cn2ccnc2Cc2ccccn2)cc1Br. The molecule has 3 aromatic rings. The number of pyridine rings is 1. The fraction of sp³-hybridized carbons (Fsp3) is 0.125. The predicted octanol–water partition coefficient (Wildman–Crippen LogP) is 3.82. The van der Waals surface area contributed by atoms with Gasteiger partial charge in [-0.3, -0.25) is 4.98 Å². The molecular formula is C16H13BrFN3. The van der Waals surface area contributed by atoms with E-state index < -0.39 is 0 Å². The molecule has 0 atom stereocenters. The Morgan fingerprint density at radius 1 is 1.10 bits per heavy atom. The van der Waals surface area contributed by atoms with Gasteiger partial charge in [0.2, 0.25) is 0 Å². The Bertz CT molecular complexity index is 740. The Balaban J connectivity index is 1.80. The first-order valence-corrected chi connectivity index (χ1v) is 7.35. The molecule has 0 N–H and O–H groups in total. The first kappa shape index (κ1) is 13.9. The minimum Gasteiger partial charge on any atom is -0.330 e. The van der Waals surface area contributed by atoms with E-state index in [2.05, 4.69) is 25.9 Å². The lowest BCUT2D eigenvalue weighted by atomic mass is 10.2. The first-order valence-electron chi connectivity index (χ1n) is 6.56. The highest BCUT2D eigenvalue weighted by molar-refractivity contribution is 9.10. The number of hydrogen-bond donors (Lipinski definition) is 0. The smallest absolute Gasteiger partial charge is 0.137 e. The van der Waals surface area contributed by atoms with Crippen LogP contribution in [0.25, 0.3) is 0 Å². The number of benzene rings is 1. The zero-order chi connectivity index (χ0) is 14.7. The molecule has 0 saturated carbocycles. The van der Waals surface area contributed by atoms with E-state index >= 15 is 0 Å². The van der Waals surface area contributed by atoms with Crippen LogP contribution in [0.4, 0.5) is 4.39 Å². The van der Waals surface area contributed by atoms with Crippen LogP contribution in [-0.4, -0.2) is 14.5 Å². The molecule has 106 valence electrons. The molecule has 0 fully saturated rings. The van der Waals surface area contributed by atoms with Gasteiger partial charge in [0, 0.05) is 37.3 Å². The van der Waals surface area contributed by atoms with Crippen molar-refractivity contribution < 1.29 is 4.39 Å². The standard InChI is InChI=1S/C16H13BrFN3/c17-14-9-12(4-5-15(14)18)11-21-8-7-20-16(21)10-13-3-1-2-6-19-13/h1-9H,10-11H2. The zero-order valence-electron chi connectivity index (χ0n) is 11.2. The lowest BCUT2D eigenvalue weighted by Gasteiger charge is -2.08. The van der Waals surface area contributed by atoms with Gasteiger partial charge in [0.1, 0.15) is 11.6 Å². The molecular weight excluding hydrogens is 333 g/mol. The number of nitrogens with zero attached hydrogens (tertiary/aromatic N) is 3. The van der Waals surface area contributed by atoms with Gasteiger partial charge >= 0.3 is 0 Å².